The number of nitrogens with two attached hydrogens (primary N) is 1. The molecule has 0 aromatic heterocycles. The van der Waals surface area contributed by atoms with Crippen molar-refractivity contribution in [2.75, 3.05) is 0 Å². The second kappa shape index (κ2) is 7.66. The van der Waals surface area contributed by atoms with Crippen molar-refractivity contribution in [3.05, 3.63) is 35.6 Å². The van der Waals surface area contributed by atoms with Crippen LogP contribution in [0.1, 0.15) is 51.5 Å². The second-order valence-corrected chi connectivity index (χ2v) is 9.71. The van der Waals surface area contributed by atoms with Crippen LogP contribution in [0.3, 0.4) is 0 Å². The Labute approximate surface area is 176 Å². The van der Waals surface area contributed by atoms with E-state index in [9.17, 15) is 14.4 Å². The summed E-state index contributed by atoms with van der Waals surface area (Å²) in [5, 5.41) is 12.0. The summed E-state index contributed by atoms with van der Waals surface area (Å²) in [5.74, 6) is 1.08. The highest BCUT2D eigenvalue weighted by Gasteiger charge is 2.58. The molecule has 160 valence electrons. The van der Waals surface area contributed by atoms with Crippen LogP contribution in [-0.4, -0.2) is 23.4 Å². The number of carbonyl (C=O) groups is 1. The highest BCUT2D eigenvalue weighted by atomic mass is 19.1. The molecule has 2 unspecified atom stereocenters. The van der Waals surface area contributed by atoms with E-state index in [1.165, 1.54) is 6.07 Å². The first-order valence-corrected chi connectivity index (χ1v) is 10.6. The molecule has 5 rings (SSSR count). The van der Waals surface area contributed by atoms with E-state index in [1.807, 2.05) is 20.0 Å². The molecule has 30 heavy (non-hydrogen) atoms. The summed E-state index contributed by atoms with van der Waals surface area (Å²) in [6.45, 7) is 3.74. The minimum atomic E-state index is -0.895. The van der Waals surface area contributed by atoms with Crippen molar-refractivity contribution in [3.63, 3.8) is 0 Å². The number of hydrogen-bond donors (Lipinski definition) is 2. The molecule has 0 aliphatic heterocycles. The van der Waals surface area contributed by atoms with Gasteiger partial charge in [0.15, 0.2) is 6.19 Å². The molecule has 0 spiro atoms. The summed E-state index contributed by atoms with van der Waals surface area (Å²) in [4.78, 5) is 17.1. The van der Waals surface area contributed by atoms with Gasteiger partial charge in [0.05, 0.1) is 12.6 Å². The molecular weight excluding hydrogens is 383 g/mol. The summed E-state index contributed by atoms with van der Waals surface area (Å²) < 4.78 is 20.0. The topological polar surface area (TPSA) is 100 Å². The van der Waals surface area contributed by atoms with Gasteiger partial charge in [-0.15, -0.1) is 0 Å². The first kappa shape index (κ1) is 20.8. The van der Waals surface area contributed by atoms with Gasteiger partial charge in [0, 0.05) is 11.0 Å². The summed E-state index contributed by atoms with van der Waals surface area (Å²) in [5.41, 5.74) is 4.97. The number of hydrogen-bond acceptors (Lipinski definition) is 4. The number of amidine groups is 1. The predicted molar refractivity (Wildman–Crippen MR) is 110 cm³/mol. The van der Waals surface area contributed by atoms with Gasteiger partial charge >= 0.3 is 0 Å². The summed E-state index contributed by atoms with van der Waals surface area (Å²) >= 11 is 0. The molecule has 4 fully saturated rings. The van der Waals surface area contributed by atoms with E-state index in [4.69, 9.17) is 15.5 Å². The Kier molecular flexibility index (Phi) is 5.31. The lowest BCUT2D eigenvalue weighted by atomic mass is 9.48. The lowest BCUT2D eigenvalue weighted by Crippen LogP contribution is -2.58. The molecule has 0 heterocycles. The van der Waals surface area contributed by atoms with E-state index in [0.717, 1.165) is 32.1 Å². The fraction of sp³-hybridized carbons (Fsp3) is 0.609. The van der Waals surface area contributed by atoms with Crippen LogP contribution in [0.2, 0.25) is 0 Å². The van der Waals surface area contributed by atoms with Crippen molar-refractivity contribution in [1.29, 1.82) is 5.26 Å². The zero-order valence-corrected chi connectivity index (χ0v) is 17.5. The molecule has 0 radical (unpaired) electrons. The fourth-order valence-corrected chi connectivity index (χ4v) is 5.99. The van der Waals surface area contributed by atoms with Gasteiger partial charge < -0.3 is 10.5 Å². The third-order valence-electron chi connectivity index (χ3n) is 7.32. The monoisotopic (exact) mass is 412 g/mol. The number of benzene rings is 1. The largest absolute Gasteiger partial charge is 0.369 e. The highest BCUT2D eigenvalue weighted by Crippen LogP contribution is 2.60. The van der Waals surface area contributed by atoms with Crippen molar-refractivity contribution < 1.29 is 13.9 Å². The first-order chi connectivity index (χ1) is 14.2. The predicted octanol–water partition coefficient (Wildman–Crippen LogP) is 3.27. The van der Waals surface area contributed by atoms with Gasteiger partial charge in [-0.25, -0.2) is 4.39 Å². The van der Waals surface area contributed by atoms with Crippen LogP contribution in [-0.2, 0) is 16.1 Å². The zero-order chi connectivity index (χ0) is 21.5. The van der Waals surface area contributed by atoms with E-state index in [1.54, 1.807) is 18.2 Å². The quantitative estimate of drug-likeness (QED) is 0.324. The van der Waals surface area contributed by atoms with Crippen molar-refractivity contribution in [1.82, 2.24) is 5.32 Å². The van der Waals surface area contributed by atoms with Crippen molar-refractivity contribution in [2.24, 2.45) is 33.9 Å². The smallest absolute Gasteiger partial charge is 0.223 e. The van der Waals surface area contributed by atoms with Gasteiger partial charge in [-0.3, -0.25) is 15.1 Å². The molecule has 4 saturated carbocycles. The Balaban J connectivity index is 1.55. The van der Waals surface area contributed by atoms with Crippen molar-refractivity contribution in [3.8, 4) is 6.19 Å². The van der Waals surface area contributed by atoms with Gasteiger partial charge in [0.25, 0.3) is 0 Å². The number of halogens is 1. The van der Waals surface area contributed by atoms with Gasteiger partial charge in [-0.05, 0) is 69.8 Å². The number of rotatable bonds is 6. The molecule has 1 amide bonds. The van der Waals surface area contributed by atoms with E-state index in [2.05, 4.69) is 5.32 Å². The molecule has 4 bridgehead atoms. The number of nitrogens with one attached hydrogen (secondary N) is 1. The molecule has 2 atom stereocenters. The van der Waals surface area contributed by atoms with Gasteiger partial charge in [0.2, 0.25) is 5.91 Å². The van der Waals surface area contributed by atoms with Crippen LogP contribution in [0.4, 0.5) is 4.39 Å². The molecule has 0 saturated heterocycles. The number of ether oxygens (including phenoxy) is 1. The number of carbonyl (C=O) groups excluding carboxylic acids is 1. The van der Waals surface area contributed by atoms with Crippen molar-refractivity contribution >= 4 is 11.7 Å². The van der Waals surface area contributed by atoms with E-state index < -0.39 is 5.60 Å². The van der Waals surface area contributed by atoms with Crippen LogP contribution >= 0.6 is 0 Å². The summed E-state index contributed by atoms with van der Waals surface area (Å²) in [6, 6.07) is 6.53. The molecular formula is C23H29FN4O2. The minimum absolute atomic E-state index is 0.0428. The molecule has 7 heteroatoms. The fourth-order valence-electron chi connectivity index (χ4n) is 5.99. The van der Waals surface area contributed by atoms with Gasteiger partial charge in [-0.2, -0.15) is 5.26 Å². The third kappa shape index (κ3) is 3.69. The van der Waals surface area contributed by atoms with Gasteiger partial charge in [0.1, 0.15) is 17.3 Å². The molecule has 1 aromatic carbocycles. The lowest BCUT2D eigenvalue weighted by Gasteiger charge is -2.57. The normalized spacial score (nSPS) is 32.7. The lowest BCUT2D eigenvalue weighted by molar-refractivity contribution is -0.144. The van der Waals surface area contributed by atoms with Crippen LogP contribution < -0.4 is 11.1 Å². The molecule has 6 nitrogen and oxygen atoms in total. The Morgan fingerprint density at radius 2 is 2.00 bits per heavy atom. The number of primary amides is 1. The van der Waals surface area contributed by atoms with E-state index >= 15 is 0 Å². The maximum Gasteiger partial charge on any atom is 0.223 e. The van der Waals surface area contributed by atoms with E-state index in [0.29, 0.717) is 29.2 Å². The molecule has 3 N–H and O–H groups in total. The number of nitriles is 1. The Morgan fingerprint density at radius 1 is 1.33 bits per heavy atom. The number of nitrogens with zero attached hydrogens (tertiary/aromatic N) is 2. The Bertz CT molecular complexity index is 891. The van der Waals surface area contributed by atoms with Crippen LogP contribution in [0.25, 0.3) is 0 Å². The summed E-state index contributed by atoms with van der Waals surface area (Å²) in [6.07, 6.45) is 6.54. The Morgan fingerprint density at radius 3 is 2.60 bits per heavy atom. The van der Waals surface area contributed by atoms with Crippen molar-refractivity contribution in [2.45, 2.75) is 64.2 Å². The van der Waals surface area contributed by atoms with Crippen LogP contribution in [0.15, 0.2) is 29.3 Å². The Hall–Kier alpha value is -2.46. The average Bonchev–Trinajstić information content (AvgIpc) is 2.68. The SMILES string of the molecule is CC(C)(OCc1ccccc1F)C(=NC1C2CC3CC1CC(C(N)=O)(C3)C2)NC#N. The zero-order valence-electron chi connectivity index (χ0n) is 17.5. The molecule has 4 aliphatic carbocycles. The standard InChI is InChI=1S/C23H29FN4O2/c1-22(2,30-12-15-5-3-4-6-18(15)24)21(27-13-25)28-19-16-7-14-8-17(19)11-23(9-14,10-16)20(26)29/h3-6,14,16-17,19H,7-12H2,1-2H3,(H2,26,29)(H,27,28). The molecule has 1 aromatic rings. The average molecular weight is 413 g/mol. The van der Waals surface area contributed by atoms with Crippen LogP contribution in [0.5, 0.6) is 0 Å². The maximum absolute atomic E-state index is 14.0. The van der Waals surface area contributed by atoms with Gasteiger partial charge in [-0.1, -0.05) is 18.2 Å². The minimum Gasteiger partial charge on any atom is -0.369 e. The third-order valence-corrected chi connectivity index (χ3v) is 7.32. The van der Waals surface area contributed by atoms with Crippen LogP contribution in [0, 0.1) is 40.4 Å². The summed E-state index contributed by atoms with van der Waals surface area (Å²) in [7, 11) is 0. The highest BCUT2D eigenvalue weighted by molar-refractivity contribution is 5.91. The second-order valence-electron chi connectivity index (χ2n) is 9.71. The number of amides is 1. The number of aliphatic imine (C=N–C) groups is 1. The molecule has 4 aliphatic rings. The first-order valence-electron chi connectivity index (χ1n) is 10.6. The van der Waals surface area contributed by atoms with E-state index in [-0.39, 0.29) is 29.8 Å². The maximum atomic E-state index is 14.0.